The molecule has 0 fully saturated rings. The molecule has 0 unspecified atom stereocenters. The molecule has 1 heterocycles. The van der Waals surface area contributed by atoms with E-state index >= 15 is 0 Å². The molecule has 0 amide bonds. The second-order valence-electron chi connectivity index (χ2n) is 13.4. The molecule has 0 spiro atoms. The lowest BCUT2D eigenvalue weighted by atomic mass is 9.98. The number of rotatable bonds is 6. The molecule has 1 aromatic heterocycles. The predicted octanol–water partition coefficient (Wildman–Crippen LogP) is 13.9. The first-order chi connectivity index (χ1) is 25.8. The summed E-state index contributed by atoms with van der Waals surface area (Å²) in [5, 5.41) is 7.58. The van der Waals surface area contributed by atoms with E-state index in [2.05, 4.69) is 216 Å². The first-order valence-electron chi connectivity index (χ1n) is 17.9. The minimum absolute atomic E-state index is 1.11. The summed E-state index contributed by atoms with van der Waals surface area (Å²) in [6.07, 6.45) is 0. The molecular formula is C50H34N2. The zero-order valence-corrected chi connectivity index (χ0v) is 28.5. The molecule has 52 heavy (non-hydrogen) atoms. The van der Waals surface area contributed by atoms with Gasteiger partial charge in [-0.25, -0.2) is 0 Å². The molecule has 0 aliphatic carbocycles. The Morgan fingerprint density at radius 3 is 1.71 bits per heavy atom. The van der Waals surface area contributed by atoms with Crippen molar-refractivity contribution < 1.29 is 0 Å². The lowest BCUT2D eigenvalue weighted by Gasteiger charge is -2.26. The van der Waals surface area contributed by atoms with Gasteiger partial charge >= 0.3 is 0 Å². The van der Waals surface area contributed by atoms with Crippen molar-refractivity contribution in [2.24, 2.45) is 0 Å². The van der Waals surface area contributed by atoms with E-state index in [9.17, 15) is 0 Å². The fraction of sp³-hybridized carbons (Fsp3) is 0. The average molecular weight is 663 g/mol. The molecule has 2 nitrogen and oxygen atoms in total. The van der Waals surface area contributed by atoms with Gasteiger partial charge in [-0.3, -0.25) is 0 Å². The van der Waals surface area contributed by atoms with Crippen molar-refractivity contribution in [3.63, 3.8) is 0 Å². The minimum Gasteiger partial charge on any atom is -0.310 e. The Bertz CT molecular complexity index is 2880. The fourth-order valence-corrected chi connectivity index (χ4v) is 7.94. The lowest BCUT2D eigenvalue weighted by molar-refractivity contribution is 1.18. The van der Waals surface area contributed by atoms with Crippen LogP contribution in [0.25, 0.3) is 71.3 Å². The number of hydrogen-bond acceptors (Lipinski definition) is 1. The quantitative estimate of drug-likeness (QED) is 0.172. The van der Waals surface area contributed by atoms with Crippen LogP contribution in [0.1, 0.15) is 0 Å². The van der Waals surface area contributed by atoms with Crippen LogP contribution in [0.3, 0.4) is 0 Å². The third kappa shape index (κ3) is 5.04. The molecule has 0 aliphatic heterocycles. The van der Waals surface area contributed by atoms with Crippen LogP contribution in [0.15, 0.2) is 206 Å². The van der Waals surface area contributed by atoms with E-state index < -0.39 is 0 Å². The number of hydrogen-bond donors (Lipinski definition) is 0. The number of fused-ring (bicyclic) bond motifs is 6. The van der Waals surface area contributed by atoms with Gasteiger partial charge in [0.1, 0.15) is 0 Å². The summed E-state index contributed by atoms with van der Waals surface area (Å²) in [7, 11) is 0. The van der Waals surface area contributed by atoms with Gasteiger partial charge in [0.25, 0.3) is 0 Å². The first kappa shape index (κ1) is 30.0. The lowest BCUT2D eigenvalue weighted by Crippen LogP contribution is -2.09. The van der Waals surface area contributed by atoms with Gasteiger partial charge < -0.3 is 9.47 Å². The Morgan fingerprint density at radius 2 is 0.904 bits per heavy atom. The van der Waals surface area contributed by atoms with E-state index in [4.69, 9.17) is 0 Å². The van der Waals surface area contributed by atoms with E-state index in [-0.39, 0.29) is 0 Å². The molecule has 244 valence electrons. The second kappa shape index (κ2) is 12.5. The van der Waals surface area contributed by atoms with Crippen LogP contribution in [-0.4, -0.2) is 4.57 Å². The number of anilines is 3. The average Bonchev–Trinajstić information content (AvgIpc) is 3.56. The van der Waals surface area contributed by atoms with E-state index in [1.807, 2.05) is 0 Å². The van der Waals surface area contributed by atoms with Crippen LogP contribution in [0.5, 0.6) is 0 Å². The minimum atomic E-state index is 1.11. The van der Waals surface area contributed by atoms with Gasteiger partial charge in [0.15, 0.2) is 0 Å². The highest BCUT2D eigenvalue weighted by Gasteiger charge is 2.17. The fourth-order valence-electron chi connectivity index (χ4n) is 7.94. The molecular weight excluding hydrogens is 629 g/mol. The van der Waals surface area contributed by atoms with E-state index in [0.717, 1.165) is 22.7 Å². The van der Waals surface area contributed by atoms with Crippen molar-refractivity contribution >= 4 is 60.4 Å². The third-order valence-corrected chi connectivity index (χ3v) is 10.3. The molecule has 0 radical (unpaired) electrons. The summed E-state index contributed by atoms with van der Waals surface area (Å²) in [6.45, 7) is 0. The topological polar surface area (TPSA) is 8.17 Å². The van der Waals surface area contributed by atoms with Crippen LogP contribution >= 0.6 is 0 Å². The van der Waals surface area contributed by atoms with Gasteiger partial charge in [-0.1, -0.05) is 140 Å². The Labute approximate surface area is 303 Å². The van der Waals surface area contributed by atoms with Crippen molar-refractivity contribution in [1.82, 2.24) is 4.57 Å². The van der Waals surface area contributed by atoms with Gasteiger partial charge in [0.2, 0.25) is 0 Å². The standard InChI is InChI=1S/C50H34N2/c1-3-17-40(18-4-1)51(42-29-25-37(26-30-42)45-24-12-15-35-13-7-9-22-44(35)45)43-21-11-16-38(33-43)39-28-31-48-47(34-39)50-46-23-10-8-14-36(46)27-32-49(50)52(48)41-19-5-2-6-20-41/h1-34H. The van der Waals surface area contributed by atoms with Crippen LogP contribution in [0, 0.1) is 0 Å². The van der Waals surface area contributed by atoms with Crippen molar-refractivity contribution in [3.05, 3.63) is 206 Å². The van der Waals surface area contributed by atoms with Crippen molar-refractivity contribution in [1.29, 1.82) is 0 Å². The molecule has 0 atom stereocenters. The summed E-state index contributed by atoms with van der Waals surface area (Å²) in [5.41, 5.74) is 11.7. The Morgan fingerprint density at radius 1 is 0.327 bits per heavy atom. The Kier molecular flexibility index (Phi) is 7.18. The Balaban J connectivity index is 1.11. The van der Waals surface area contributed by atoms with E-state index in [1.165, 1.54) is 65.6 Å². The number of aromatic nitrogens is 1. The third-order valence-electron chi connectivity index (χ3n) is 10.3. The van der Waals surface area contributed by atoms with Crippen LogP contribution < -0.4 is 4.90 Å². The van der Waals surface area contributed by atoms with E-state index in [1.54, 1.807) is 0 Å². The molecule has 0 bridgehead atoms. The zero-order chi connectivity index (χ0) is 34.4. The molecule has 2 heteroatoms. The summed E-state index contributed by atoms with van der Waals surface area (Å²) >= 11 is 0. The predicted molar refractivity (Wildman–Crippen MR) is 221 cm³/mol. The maximum atomic E-state index is 2.40. The van der Waals surface area contributed by atoms with Crippen molar-refractivity contribution in [2.45, 2.75) is 0 Å². The molecule has 0 saturated carbocycles. The zero-order valence-electron chi connectivity index (χ0n) is 28.5. The molecule has 9 aromatic carbocycles. The molecule has 0 aliphatic rings. The molecule has 10 rings (SSSR count). The second-order valence-corrected chi connectivity index (χ2v) is 13.4. The summed E-state index contributed by atoms with van der Waals surface area (Å²) in [6, 6.07) is 74.6. The molecule has 0 N–H and O–H groups in total. The van der Waals surface area contributed by atoms with Gasteiger partial charge in [-0.05, 0) is 111 Å². The summed E-state index contributed by atoms with van der Waals surface area (Å²) in [4.78, 5) is 2.35. The van der Waals surface area contributed by atoms with Crippen LogP contribution in [-0.2, 0) is 0 Å². The highest BCUT2D eigenvalue weighted by Crippen LogP contribution is 2.41. The van der Waals surface area contributed by atoms with Gasteiger partial charge in [0.05, 0.1) is 11.0 Å². The highest BCUT2D eigenvalue weighted by molar-refractivity contribution is 6.22. The van der Waals surface area contributed by atoms with Crippen LogP contribution in [0.4, 0.5) is 17.1 Å². The number of para-hydroxylation sites is 2. The first-order valence-corrected chi connectivity index (χ1v) is 17.9. The van der Waals surface area contributed by atoms with Crippen molar-refractivity contribution in [3.8, 4) is 27.9 Å². The highest BCUT2D eigenvalue weighted by atomic mass is 15.1. The summed E-state index contributed by atoms with van der Waals surface area (Å²) < 4.78 is 2.40. The molecule has 10 aromatic rings. The van der Waals surface area contributed by atoms with E-state index in [0.29, 0.717) is 0 Å². The van der Waals surface area contributed by atoms with Gasteiger partial charge in [0, 0.05) is 33.5 Å². The smallest absolute Gasteiger partial charge is 0.0547 e. The molecule has 0 saturated heterocycles. The van der Waals surface area contributed by atoms with Gasteiger partial charge in [-0.15, -0.1) is 0 Å². The largest absolute Gasteiger partial charge is 0.310 e. The maximum absolute atomic E-state index is 2.40. The van der Waals surface area contributed by atoms with Crippen LogP contribution in [0.2, 0.25) is 0 Å². The SMILES string of the molecule is c1ccc(N(c2ccc(-c3cccc4ccccc34)cc2)c2cccc(-c3ccc4c(c3)c3c5ccccc5ccc3n4-c3ccccc3)c2)cc1. The summed E-state index contributed by atoms with van der Waals surface area (Å²) in [5.74, 6) is 0. The Hall–Kier alpha value is -6.90. The number of nitrogens with zero attached hydrogens (tertiary/aromatic N) is 2. The monoisotopic (exact) mass is 662 g/mol. The van der Waals surface area contributed by atoms with Crippen molar-refractivity contribution in [2.75, 3.05) is 4.90 Å². The maximum Gasteiger partial charge on any atom is 0.0547 e. The normalized spacial score (nSPS) is 11.5. The number of benzene rings is 9. The van der Waals surface area contributed by atoms with Gasteiger partial charge in [-0.2, -0.15) is 0 Å².